The molecule has 1 aromatic carbocycles. The standard InChI is InChI=1S/C20H25N3/c1-14-4-3-5-17(12-14)18-6-7-19(21-13-18)22-20-15(2)23-10-8-16(20)9-11-23/h3-7,12-13,15-16,20H,8-11H2,1-2H3,(H,21,22)/t15-,20+/m1/s1. The number of fused-ring (bicyclic) bond motifs is 3. The normalized spacial score (nSPS) is 29.5. The molecular weight excluding hydrogens is 282 g/mol. The van der Waals surface area contributed by atoms with Crippen LogP contribution in [0.1, 0.15) is 25.3 Å². The number of aryl methyl sites for hydroxylation is 1. The molecule has 3 nitrogen and oxygen atoms in total. The van der Waals surface area contributed by atoms with Crippen molar-refractivity contribution in [1.29, 1.82) is 0 Å². The number of nitrogens with one attached hydrogen (secondary N) is 1. The van der Waals surface area contributed by atoms with Crippen LogP contribution in [0.2, 0.25) is 0 Å². The van der Waals surface area contributed by atoms with Crippen LogP contribution in [-0.4, -0.2) is 35.1 Å². The largest absolute Gasteiger partial charge is 0.365 e. The highest BCUT2D eigenvalue weighted by Gasteiger charge is 2.39. The van der Waals surface area contributed by atoms with E-state index in [4.69, 9.17) is 0 Å². The van der Waals surface area contributed by atoms with Gasteiger partial charge in [-0.3, -0.25) is 4.90 Å². The molecule has 23 heavy (non-hydrogen) atoms. The van der Waals surface area contributed by atoms with E-state index in [1.54, 1.807) is 0 Å². The summed E-state index contributed by atoms with van der Waals surface area (Å²) in [5, 5.41) is 3.70. The summed E-state index contributed by atoms with van der Waals surface area (Å²) in [5.74, 6) is 1.81. The summed E-state index contributed by atoms with van der Waals surface area (Å²) >= 11 is 0. The number of hydrogen-bond donors (Lipinski definition) is 1. The molecule has 0 aliphatic carbocycles. The maximum absolute atomic E-state index is 4.67. The van der Waals surface area contributed by atoms with E-state index in [0.717, 1.165) is 11.7 Å². The van der Waals surface area contributed by atoms with Gasteiger partial charge in [0.25, 0.3) is 0 Å². The topological polar surface area (TPSA) is 28.2 Å². The van der Waals surface area contributed by atoms with Crippen molar-refractivity contribution in [3.8, 4) is 11.1 Å². The maximum Gasteiger partial charge on any atom is 0.126 e. The minimum absolute atomic E-state index is 0.537. The molecule has 3 heteroatoms. The van der Waals surface area contributed by atoms with Crippen molar-refractivity contribution in [2.45, 2.75) is 38.8 Å². The van der Waals surface area contributed by atoms with Crippen molar-refractivity contribution < 1.29 is 0 Å². The summed E-state index contributed by atoms with van der Waals surface area (Å²) in [4.78, 5) is 7.28. The third kappa shape index (κ3) is 2.86. The van der Waals surface area contributed by atoms with Gasteiger partial charge in [-0.05, 0) is 63.4 Å². The van der Waals surface area contributed by atoms with Crippen LogP contribution in [0.5, 0.6) is 0 Å². The third-order valence-corrected chi connectivity index (χ3v) is 5.61. The first kappa shape index (κ1) is 14.7. The molecular formula is C20H25N3. The first-order chi connectivity index (χ1) is 11.2. The smallest absolute Gasteiger partial charge is 0.126 e. The molecule has 0 unspecified atom stereocenters. The molecule has 120 valence electrons. The zero-order valence-corrected chi connectivity index (χ0v) is 14.0. The fourth-order valence-corrected chi connectivity index (χ4v) is 4.19. The van der Waals surface area contributed by atoms with Crippen LogP contribution >= 0.6 is 0 Å². The maximum atomic E-state index is 4.67. The Kier molecular flexibility index (Phi) is 3.82. The number of nitrogens with zero attached hydrogens (tertiary/aromatic N) is 2. The number of pyridine rings is 1. The summed E-state index contributed by atoms with van der Waals surface area (Å²) in [6.45, 7) is 7.01. The van der Waals surface area contributed by atoms with Gasteiger partial charge in [-0.2, -0.15) is 0 Å². The molecule has 2 bridgehead atoms. The van der Waals surface area contributed by atoms with E-state index < -0.39 is 0 Å². The lowest BCUT2D eigenvalue weighted by Gasteiger charge is -2.50. The Morgan fingerprint density at radius 3 is 2.57 bits per heavy atom. The molecule has 0 amide bonds. The van der Waals surface area contributed by atoms with Crippen LogP contribution in [0.4, 0.5) is 5.82 Å². The summed E-state index contributed by atoms with van der Waals surface area (Å²) in [5.41, 5.74) is 3.70. The van der Waals surface area contributed by atoms with Crippen LogP contribution < -0.4 is 5.32 Å². The monoisotopic (exact) mass is 307 g/mol. The van der Waals surface area contributed by atoms with Gasteiger partial charge in [-0.1, -0.05) is 29.8 Å². The molecule has 1 N–H and O–H groups in total. The Hall–Kier alpha value is -1.87. The van der Waals surface area contributed by atoms with Gasteiger partial charge in [-0.15, -0.1) is 0 Å². The summed E-state index contributed by atoms with van der Waals surface area (Å²) in [6.07, 6.45) is 4.63. The first-order valence-corrected chi connectivity index (χ1v) is 8.74. The summed E-state index contributed by atoms with van der Waals surface area (Å²) in [6, 6.07) is 14.0. The highest BCUT2D eigenvalue weighted by Crippen LogP contribution is 2.34. The van der Waals surface area contributed by atoms with Crippen molar-refractivity contribution in [2.75, 3.05) is 18.4 Å². The van der Waals surface area contributed by atoms with Gasteiger partial charge in [0.2, 0.25) is 0 Å². The number of aromatic nitrogens is 1. The molecule has 3 fully saturated rings. The second-order valence-corrected chi connectivity index (χ2v) is 7.09. The second-order valence-electron chi connectivity index (χ2n) is 7.09. The number of rotatable bonds is 3. The number of anilines is 1. The molecule has 0 spiro atoms. The Bertz CT molecular complexity index is 670. The van der Waals surface area contributed by atoms with E-state index in [2.05, 4.69) is 65.4 Å². The minimum atomic E-state index is 0.537. The van der Waals surface area contributed by atoms with Gasteiger partial charge >= 0.3 is 0 Å². The van der Waals surface area contributed by atoms with Crippen LogP contribution in [0.3, 0.4) is 0 Å². The van der Waals surface area contributed by atoms with Gasteiger partial charge in [0.15, 0.2) is 0 Å². The lowest BCUT2D eigenvalue weighted by atomic mass is 9.79. The Labute approximate surface area is 138 Å². The molecule has 0 radical (unpaired) electrons. The first-order valence-electron chi connectivity index (χ1n) is 8.74. The molecule has 1 aromatic heterocycles. The molecule has 5 rings (SSSR count). The van der Waals surface area contributed by atoms with E-state index in [1.807, 2.05) is 6.20 Å². The van der Waals surface area contributed by atoms with Gasteiger partial charge in [0.05, 0.1) is 0 Å². The number of piperidine rings is 3. The quantitative estimate of drug-likeness (QED) is 0.930. The van der Waals surface area contributed by atoms with Crippen LogP contribution in [0, 0.1) is 12.8 Å². The molecule has 2 atom stereocenters. The average Bonchev–Trinajstić information content (AvgIpc) is 2.59. The van der Waals surface area contributed by atoms with E-state index in [0.29, 0.717) is 12.1 Å². The number of benzene rings is 1. The molecule has 3 aliphatic heterocycles. The SMILES string of the molecule is Cc1cccc(-c2ccc(N[C@@H]3C4CCN(CC4)[C@@H]3C)nc2)c1. The van der Waals surface area contributed by atoms with Gasteiger partial charge in [0.1, 0.15) is 5.82 Å². The minimum Gasteiger partial charge on any atom is -0.365 e. The molecule has 4 heterocycles. The van der Waals surface area contributed by atoms with Gasteiger partial charge in [0, 0.05) is 23.8 Å². The Morgan fingerprint density at radius 2 is 1.91 bits per heavy atom. The Morgan fingerprint density at radius 1 is 1.09 bits per heavy atom. The van der Waals surface area contributed by atoms with E-state index in [1.165, 1.54) is 42.6 Å². The zero-order valence-electron chi connectivity index (χ0n) is 14.0. The lowest BCUT2D eigenvalue weighted by molar-refractivity contribution is 0.0457. The van der Waals surface area contributed by atoms with Crippen LogP contribution in [0.15, 0.2) is 42.6 Å². The molecule has 2 aromatic rings. The van der Waals surface area contributed by atoms with Crippen molar-refractivity contribution in [1.82, 2.24) is 9.88 Å². The van der Waals surface area contributed by atoms with Crippen LogP contribution in [-0.2, 0) is 0 Å². The summed E-state index contributed by atoms with van der Waals surface area (Å²) in [7, 11) is 0. The highest BCUT2D eigenvalue weighted by atomic mass is 15.2. The molecule has 0 saturated carbocycles. The van der Waals surface area contributed by atoms with Crippen LogP contribution in [0.25, 0.3) is 11.1 Å². The molecule has 3 aliphatic rings. The zero-order chi connectivity index (χ0) is 15.8. The second kappa shape index (κ2) is 5.97. The molecule has 3 saturated heterocycles. The Balaban J connectivity index is 1.50. The third-order valence-electron chi connectivity index (χ3n) is 5.61. The van der Waals surface area contributed by atoms with E-state index in [-0.39, 0.29) is 0 Å². The van der Waals surface area contributed by atoms with Crippen molar-refractivity contribution in [3.05, 3.63) is 48.2 Å². The predicted molar refractivity (Wildman–Crippen MR) is 95.6 cm³/mol. The van der Waals surface area contributed by atoms with Gasteiger partial charge < -0.3 is 5.32 Å². The lowest BCUT2D eigenvalue weighted by Crippen LogP contribution is -2.59. The van der Waals surface area contributed by atoms with Gasteiger partial charge in [-0.25, -0.2) is 4.98 Å². The fourth-order valence-electron chi connectivity index (χ4n) is 4.19. The summed E-state index contributed by atoms with van der Waals surface area (Å²) < 4.78 is 0. The highest BCUT2D eigenvalue weighted by molar-refractivity contribution is 5.64. The number of hydrogen-bond acceptors (Lipinski definition) is 3. The van der Waals surface area contributed by atoms with Crippen molar-refractivity contribution in [2.24, 2.45) is 5.92 Å². The fraction of sp³-hybridized carbons (Fsp3) is 0.450. The van der Waals surface area contributed by atoms with E-state index >= 15 is 0 Å². The van der Waals surface area contributed by atoms with E-state index in [9.17, 15) is 0 Å². The van der Waals surface area contributed by atoms with Crippen molar-refractivity contribution in [3.63, 3.8) is 0 Å². The predicted octanol–water partition coefficient (Wildman–Crippen LogP) is 3.95. The average molecular weight is 307 g/mol. The van der Waals surface area contributed by atoms with Crippen molar-refractivity contribution >= 4 is 5.82 Å².